The summed E-state index contributed by atoms with van der Waals surface area (Å²) < 4.78 is 0.856. The maximum absolute atomic E-state index is 11.7. The number of carbonyl (C=O) groups is 1. The van der Waals surface area contributed by atoms with Crippen molar-refractivity contribution in [3.05, 3.63) is 57.2 Å². The van der Waals surface area contributed by atoms with Gasteiger partial charge in [0.2, 0.25) is 0 Å². The van der Waals surface area contributed by atoms with Crippen molar-refractivity contribution in [3.8, 4) is 0 Å². The summed E-state index contributed by atoms with van der Waals surface area (Å²) in [6.07, 6.45) is 1.19. The first kappa shape index (κ1) is 11.5. The largest absolute Gasteiger partial charge is 0.321 e. The van der Waals surface area contributed by atoms with Crippen LogP contribution in [0.5, 0.6) is 0 Å². The van der Waals surface area contributed by atoms with Gasteiger partial charge in [-0.2, -0.15) is 0 Å². The summed E-state index contributed by atoms with van der Waals surface area (Å²) in [4.78, 5) is 28.9. The number of nitrogens with one attached hydrogen (secondary N) is 2. The van der Waals surface area contributed by atoms with E-state index in [4.69, 9.17) is 0 Å². The maximum atomic E-state index is 11.7. The highest BCUT2D eigenvalue weighted by atomic mass is 79.9. The van der Waals surface area contributed by atoms with Gasteiger partial charge in [0.1, 0.15) is 5.69 Å². The van der Waals surface area contributed by atoms with Crippen LogP contribution in [0.1, 0.15) is 10.5 Å². The first-order valence-electron chi connectivity index (χ1n) is 4.77. The highest BCUT2D eigenvalue weighted by Gasteiger charge is 2.07. The van der Waals surface area contributed by atoms with E-state index in [1.165, 1.54) is 6.33 Å². The van der Waals surface area contributed by atoms with Gasteiger partial charge < -0.3 is 10.3 Å². The SMILES string of the molecule is O=C(Nc1cccc(Br)c1)c1cc(=O)[nH]cn1. The van der Waals surface area contributed by atoms with Crippen LogP contribution in [0.2, 0.25) is 0 Å². The van der Waals surface area contributed by atoms with Crippen LogP contribution in [-0.4, -0.2) is 15.9 Å². The highest BCUT2D eigenvalue weighted by molar-refractivity contribution is 9.10. The number of hydrogen-bond acceptors (Lipinski definition) is 3. The summed E-state index contributed by atoms with van der Waals surface area (Å²) >= 11 is 3.30. The predicted molar refractivity (Wildman–Crippen MR) is 67.0 cm³/mol. The molecular weight excluding hydrogens is 286 g/mol. The number of benzene rings is 1. The van der Waals surface area contributed by atoms with Crippen LogP contribution in [0, 0.1) is 0 Å². The molecule has 0 aliphatic carbocycles. The molecule has 0 saturated carbocycles. The molecule has 0 atom stereocenters. The molecule has 0 bridgehead atoms. The quantitative estimate of drug-likeness (QED) is 0.886. The molecule has 0 fully saturated rings. The number of aromatic nitrogens is 2. The normalized spacial score (nSPS) is 9.94. The van der Waals surface area contributed by atoms with E-state index < -0.39 is 5.91 Å². The topological polar surface area (TPSA) is 74.8 Å². The van der Waals surface area contributed by atoms with E-state index in [1.807, 2.05) is 6.07 Å². The van der Waals surface area contributed by atoms with Gasteiger partial charge in [0.05, 0.1) is 6.33 Å². The van der Waals surface area contributed by atoms with Crippen molar-refractivity contribution >= 4 is 27.5 Å². The van der Waals surface area contributed by atoms with Crippen LogP contribution in [0.4, 0.5) is 5.69 Å². The first-order valence-corrected chi connectivity index (χ1v) is 5.56. The fourth-order valence-corrected chi connectivity index (χ4v) is 1.65. The number of H-pyrrole nitrogens is 1. The molecule has 0 saturated heterocycles. The lowest BCUT2D eigenvalue weighted by atomic mass is 10.3. The average molecular weight is 294 g/mol. The number of halogens is 1. The zero-order valence-electron chi connectivity index (χ0n) is 8.61. The molecule has 2 N–H and O–H groups in total. The van der Waals surface area contributed by atoms with Crippen molar-refractivity contribution < 1.29 is 4.79 Å². The summed E-state index contributed by atoms with van der Waals surface area (Å²) in [7, 11) is 0. The van der Waals surface area contributed by atoms with Gasteiger partial charge in [0.25, 0.3) is 11.5 Å². The standard InChI is InChI=1S/C11H8BrN3O2/c12-7-2-1-3-8(4-7)15-11(17)9-5-10(16)14-6-13-9/h1-6H,(H,15,17)(H,13,14,16). The van der Waals surface area contributed by atoms with E-state index in [1.54, 1.807) is 18.2 Å². The Labute approximate surface area is 105 Å². The van der Waals surface area contributed by atoms with Crippen molar-refractivity contribution in [2.45, 2.75) is 0 Å². The van der Waals surface area contributed by atoms with Crippen LogP contribution < -0.4 is 10.9 Å². The summed E-state index contributed by atoms with van der Waals surface area (Å²) in [5.41, 5.74) is 0.347. The van der Waals surface area contributed by atoms with Gasteiger partial charge >= 0.3 is 0 Å². The number of hydrogen-bond donors (Lipinski definition) is 2. The third-order valence-corrected chi connectivity index (χ3v) is 2.49. The Morgan fingerprint density at radius 3 is 2.88 bits per heavy atom. The molecule has 5 nitrogen and oxygen atoms in total. The molecule has 1 aromatic carbocycles. The molecule has 1 aromatic heterocycles. The molecule has 0 spiro atoms. The van der Waals surface area contributed by atoms with E-state index >= 15 is 0 Å². The van der Waals surface area contributed by atoms with Crippen LogP contribution in [-0.2, 0) is 0 Å². The van der Waals surface area contributed by atoms with E-state index in [0.29, 0.717) is 5.69 Å². The lowest BCUT2D eigenvalue weighted by molar-refractivity contribution is 0.102. The zero-order valence-corrected chi connectivity index (χ0v) is 10.2. The van der Waals surface area contributed by atoms with E-state index in [-0.39, 0.29) is 11.3 Å². The second-order valence-electron chi connectivity index (χ2n) is 3.26. The number of amides is 1. The molecule has 0 radical (unpaired) electrons. The Bertz CT molecular complexity index is 609. The summed E-state index contributed by atoms with van der Waals surface area (Å²) in [5.74, 6) is -0.422. The van der Waals surface area contributed by atoms with Gasteiger partial charge in [0.15, 0.2) is 0 Å². The summed E-state index contributed by atoms with van der Waals surface area (Å²) in [5, 5.41) is 2.64. The zero-order chi connectivity index (χ0) is 12.3. The van der Waals surface area contributed by atoms with Gasteiger partial charge in [-0.25, -0.2) is 4.98 Å². The van der Waals surface area contributed by atoms with Crippen molar-refractivity contribution in [1.29, 1.82) is 0 Å². The van der Waals surface area contributed by atoms with Gasteiger partial charge in [-0.1, -0.05) is 22.0 Å². The molecule has 86 valence electrons. The molecule has 17 heavy (non-hydrogen) atoms. The first-order chi connectivity index (χ1) is 8.15. The lowest BCUT2D eigenvalue weighted by Gasteiger charge is -2.04. The van der Waals surface area contributed by atoms with E-state index in [0.717, 1.165) is 10.5 Å². The van der Waals surface area contributed by atoms with E-state index in [2.05, 4.69) is 31.2 Å². The van der Waals surface area contributed by atoms with Gasteiger partial charge in [-0.3, -0.25) is 9.59 Å². The molecule has 2 aromatic rings. The minimum atomic E-state index is -0.422. The lowest BCUT2D eigenvalue weighted by Crippen LogP contribution is -2.17. The Balaban J connectivity index is 2.20. The monoisotopic (exact) mass is 293 g/mol. The smallest absolute Gasteiger partial charge is 0.274 e. The molecule has 1 heterocycles. The minimum Gasteiger partial charge on any atom is -0.321 e. The Kier molecular flexibility index (Phi) is 3.34. The van der Waals surface area contributed by atoms with Crippen molar-refractivity contribution in [1.82, 2.24) is 9.97 Å². The fourth-order valence-electron chi connectivity index (χ4n) is 1.25. The average Bonchev–Trinajstić information content (AvgIpc) is 2.29. The third-order valence-electron chi connectivity index (χ3n) is 1.99. The number of nitrogens with zero attached hydrogens (tertiary/aromatic N) is 1. The second kappa shape index (κ2) is 4.92. The molecule has 0 unspecified atom stereocenters. The molecular formula is C11H8BrN3O2. The molecule has 6 heteroatoms. The van der Waals surface area contributed by atoms with Crippen molar-refractivity contribution in [3.63, 3.8) is 0 Å². The number of anilines is 1. The Morgan fingerprint density at radius 2 is 2.18 bits per heavy atom. The molecule has 0 aliphatic rings. The minimum absolute atomic E-state index is 0.0775. The van der Waals surface area contributed by atoms with Crippen LogP contribution in [0.3, 0.4) is 0 Å². The number of carbonyl (C=O) groups excluding carboxylic acids is 1. The maximum Gasteiger partial charge on any atom is 0.274 e. The van der Waals surface area contributed by atoms with Crippen LogP contribution >= 0.6 is 15.9 Å². The molecule has 0 aliphatic heterocycles. The Morgan fingerprint density at radius 1 is 1.35 bits per heavy atom. The van der Waals surface area contributed by atoms with Crippen molar-refractivity contribution in [2.24, 2.45) is 0 Å². The third kappa shape index (κ3) is 3.01. The van der Waals surface area contributed by atoms with Gasteiger partial charge in [0, 0.05) is 16.2 Å². The van der Waals surface area contributed by atoms with Gasteiger partial charge in [-0.15, -0.1) is 0 Å². The summed E-state index contributed by atoms with van der Waals surface area (Å²) in [6, 6.07) is 8.29. The molecule has 2 rings (SSSR count). The molecule has 1 amide bonds. The summed E-state index contributed by atoms with van der Waals surface area (Å²) in [6.45, 7) is 0. The van der Waals surface area contributed by atoms with Crippen molar-refractivity contribution in [2.75, 3.05) is 5.32 Å². The van der Waals surface area contributed by atoms with E-state index in [9.17, 15) is 9.59 Å². The van der Waals surface area contributed by atoms with Crippen LogP contribution in [0.25, 0.3) is 0 Å². The Hall–Kier alpha value is -1.95. The highest BCUT2D eigenvalue weighted by Crippen LogP contribution is 2.15. The van der Waals surface area contributed by atoms with Crippen LogP contribution in [0.15, 0.2) is 45.9 Å². The fraction of sp³-hybridized carbons (Fsp3) is 0. The number of rotatable bonds is 2. The van der Waals surface area contributed by atoms with Gasteiger partial charge in [-0.05, 0) is 18.2 Å². The number of aromatic amines is 1. The second-order valence-corrected chi connectivity index (χ2v) is 4.18. The predicted octanol–water partition coefficient (Wildman–Crippen LogP) is 1.78.